The van der Waals surface area contributed by atoms with Crippen LogP contribution in [0.5, 0.6) is 0 Å². The summed E-state index contributed by atoms with van der Waals surface area (Å²) in [4.78, 5) is 19.9. The third-order valence-electron chi connectivity index (χ3n) is 4.79. The molecule has 0 bridgehead atoms. The van der Waals surface area contributed by atoms with Crippen LogP contribution in [0.15, 0.2) is 52.9 Å². The molecule has 0 saturated carbocycles. The molecule has 1 saturated heterocycles. The minimum Gasteiger partial charge on any atom is -0.339 e. The molecule has 3 aromatic rings. The number of nitrogens with one attached hydrogen (secondary N) is 2. The number of amides is 1. The van der Waals surface area contributed by atoms with Crippen LogP contribution < -0.4 is 10.6 Å². The normalized spacial score (nSPS) is 15.6. The van der Waals surface area contributed by atoms with Crippen molar-refractivity contribution in [3.63, 3.8) is 0 Å². The molecular weight excluding hydrogens is 424 g/mol. The van der Waals surface area contributed by atoms with Crippen LogP contribution in [-0.2, 0) is 11.3 Å². The standard InChI is InChI=1S/C21H23ClN4OS2/c22-16-7-5-15(6-8-16)13-24-14-19(20(27)26-11-9-23-10-12-26)29-21-25-17-3-1-2-4-18(17)28-21/h1-8,19,23-24H,9-14H2. The minimum atomic E-state index is -0.207. The summed E-state index contributed by atoms with van der Waals surface area (Å²) in [7, 11) is 0. The number of hydrogen-bond acceptors (Lipinski definition) is 6. The molecule has 1 aliphatic rings. The molecule has 2 N–H and O–H groups in total. The van der Waals surface area contributed by atoms with E-state index in [0.717, 1.165) is 51.3 Å². The highest BCUT2D eigenvalue weighted by atomic mass is 35.5. The Bertz CT molecular complexity index is 924. The molecule has 2 heterocycles. The molecule has 8 heteroatoms. The van der Waals surface area contributed by atoms with Gasteiger partial charge in [-0.2, -0.15) is 0 Å². The summed E-state index contributed by atoms with van der Waals surface area (Å²) in [5.41, 5.74) is 2.13. The van der Waals surface area contributed by atoms with Crippen LogP contribution in [0.2, 0.25) is 5.02 Å². The number of thiazole rings is 1. The molecule has 0 aliphatic carbocycles. The summed E-state index contributed by atoms with van der Waals surface area (Å²) in [6, 6.07) is 15.9. The number of piperazine rings is 1. The number of rotatable bonds is 7. The van der Waals surface area contributed by atoms with Gasteiger partial charge in [0.1, 0.15) is 5.25 Å². The second-order valence-corrected chi connectivity index (χ2v) is 9.80. The Balaban J connectivity index is 1.45. The van der Waals surface area contributed by atoms with E-state index >= 15 is 0 Å². The van der Waals surface area contributed by atoms with E-state index in [-0.39, 0.29) is 11.2 Å². The zero-order chi connectivity index (χ0) is 20.1. The lowest BCUT2D eigenvalue weighted by molar-refractivity contribution is -0.131. The molecule has 1 unspecified atom stereocenters. The van der Waals surface area contributed by atoms with Crippen molar-refractivity contribution in [1.82, 2.24) is 20.5 Å². The maximum atomic E-state index is 13.2. The number of halogens is 1. The molecule has 1 atom stereocenters. The molecule has 1 fully saturated rings. The van der Waals surface area contributed by atoms with Crippen molar-refractivity contribution in [2.45, 2.75) is 16.1 Å². The van der Waals surface area contributed by atoms with Gasteiger partial charge >= 0.3 is 0 Å². The molecule has 2 aromatic carbocycles. The van der Waals surface area contributed by atoms with Crippen molar-refractivity contribution in [1.29, 1.82) is 0 Å². The summed E-state index contributed by atoms with van der Waals surface area (Å²) in [6.07, 6.45) is 0. The third-order valence-corrected chi connectivity index (χ3v) is 7.36. The molecule has 1 amide bonds. The van der Waals surface area contributed by atoms with E-state index in [1.54, 1.807) is 23.1 Å². The topological polar surface area (TPSA) is 57.3 Å². The van der Waals surface area contributed by atoms with Gasteiger partial charge in [-0.3, -0.25) is 4.79 Å². The first-order valence-electron chi connectivity index (χ1n) is 9.66. The lowest BCUT2D eigenvalue weighted by Gasteiger charge is -2.30. The highest BCUT2D eigenvalue weighted by Gasteiger charge is 2.27. The molecular formula is C21H23ClN4OS2. The maximum absolute atomic E-state index is 13.2. The number of carbonyl (C=O) groups excluding carboxylic acids is 1. The Morgan fingerprint density at radius 2 is 1.97 bits per heavy atom. The number of benzene rings is 2. The van der Waals surface area contributed by atoms with Crippen LogP contribution in [-0.4, -0.2) is 53.8 Å². The Kier molecular flexibility index (Phi) is 7.05. The van der Waals surface area contributed by atoms with Gasteiger partial charge in [0.2, 0.25) is 5.91 Å². The molecule has 5 nitrogen and oxygen atoms in total. The second kappa shape index (κ2) is 9.91. The number of aromatic nitrogens is 1. The highest BCUT2D eigenvalue weighted by molar-refractivity contribution is 8.02. The predicted octanol–water partition coefficient (Wildman–Crippen LogP) is 3.63. The van der Waals surface area contributed by atoms with Gasteiger partial charge in [0.25, 0.3) is 0 Å². The quantitative estimate of drug-likeness (QED) is 0.543. The van der Waals surface area contributed by atoms with E-state index in [1.807, 2.05) is 47.4 Å². The number of carbonyl (C=O) groups is 1. The van der Waals surface area contributed by atoms with Gasteiger partial charge in [0.15, 0.2) is 4.34 Å². The monoisotopic (exact) mass is 446 g/mol. The van der Waals surface area contributed by atoms with Crippen LogP contribution >= 0.6 is 34.7 Å². The van der Waals surface area contributed by atoms with Crippen LogP contribution in [0.25, 0.3) is 10.2 Å². The summed E-state index contributed by atoms with van der Waals surface area (Å²) >= 11 is 9.18. The Labute approximate surface area is 183 Å². The van der Waals surface area contributed by atoms with Crippen molar-refractivity contribution in [3.05, 3.63) is 59.1 Å². The van der Waals surface area contributed by atoms with E-state index < -0.39 is 0 Å². The molecule has 0 radical (unpaired) electrons. The fourth-order valence-corrected chi connectivity index (χ4v) is 5.72. The van der Waals surface area contributed by atoms with Crippen LogP contribution in [0.3, 0.4) is 0 Å². The zero-order valence-electron chi connectivity index (χ0n) is 15.9. The number of thioether (sulfide) groups is 1. The zero-order valence-corrected chi connectivity index (χ0v) is 18.3. The van der Waals surface area contributed by atoms with Crippen LogP contribution in [0, 0.1) is 0 Å². The third kappa shape index (κ3) is 5.49. The van der Waals surface area contributed by atoms with Gasteiger partial charge in [0, 0.05) is 44.3 Å². The number of hydrogen-bond donors (Lipinski definition) is 2. The van der Waals surface area contributed by atoms with Crippen LogP contribution in [0.1, 0.15) is 5.56 Å². The Hall–Kier alpha value is -1.64. The van der Waals surface area contributed by atoms with Crippen molar-refractivity contribution < 1.29 is 4.79 Å². The van der Waals surface area contributed by atoms with E-state index in [9.17, 15) is 4.79 Å². The lowest BCUT2D eigenvalue weighted by atomic mass is 10.2. The van der Waals surface area contributed by atoms with E-state index in [0.29, 0.717) is 13.1 Å². The number of nitrogens with zero attached hydrogens (tertiary/aromatic N) is 2. The van der Waals surface area contributed by atoms with Gasteiger partial charge < -0.3 is 15.5 Å². The van der Waals surface area contributed by atoms with Gasteiger partial charge in [-0.05, 0) is 29.8 Å². The first-order chi connectivity index (χ1) is 14.2. The summed E-state index contributed by atoms with van der Waals surface area (Å²) < 4.78 is 2.09. The van der Waals surface area contributed by atoms with Crippen LogP contribution in [0.4, 0.5) is 0 Å². The van der Waals surface area contributed by atoms with Gasteiger partial charge in [-0.1, -0.05) is 47.6 Å². The molecule has 0 spiro atoms. The molecule has 29 heavy (non-hydrogen) atoms. The fourth-order valence-electron chi connectivity index (χ4n) is 3.24. The Morgan fingerprint density at radius 1 is 1.21 bits per heavy atom. The van der Waals surface area contributed by atoms with Gasteiger partial charge in [-0.15, -0.1) is 11.3 Å². The second-order valence-electron chi connectivity index (χ2n) is 6.89. The SMILES string of the molecule is O=C(C(CNCc1ccc(Cl)cc1)Sc1nc2ccccc2s1)N1CCNCC1. The Morgan fingerprint density at radius 3 is 2.72 bits per heavy atom. The number of fused-ring (bicyclic) bond motifs is 1. The van der Waals surface area contributed by atoms with Gasteiger partial charge in [-0.25, -0.2) is 4.98 Å². The summed E-state index contributed by atoms with van der Waals surface area (Å²) in [6.45, 7) is 4.50. The maximum Gasteiger partial charge on any atom is 0.237 e. The minimum absolute atomic E-state index is 0.180. The predicted molar refractivity (Wildman–Crippen MR) is 122 cm³/mol. The lowest BCUT2D eigenvalue weighted by Crippen LogP contribution is -2.50. The van der Waals surface area contributed by atoms with Crippen molar-refractivity contribution in [2.24, 2.45) is 0 Å². The highest BCUT2D eigenvalue weighted by Crippen LogP contribution is 2.32. The molecule has 1 aliphatic heterocycles. The summed E-state index contributed by atoms with van der Waals surface area (Å²) in [5.74, 6) is 0.180. The molecule has 152 valence electrons. The largest absolute Gasteiger partial charge is 0.339 e. The first-order valence-corrected chi connectivity index (χ1v) is 11.7. The van der Waals surface area contributed by atoms with Crippen molar-refractivity contribution in [3.8, 4) is 0 Å². The van der Waals surface area contributed by atoms with E-state index in [1.165, 1.54) is 0 Å². The van der Waals surface area contributed by atoms with E-state index in [4.69, 9.17) is 16.6 Å². The molecule has 4 rings (SSSR count). The molecule has 1 aromatic heterocycles. The fraction of sp³-hybridized carbons (Fsp3) is 0.333. The van der Waals surface area contributed by atoms with Crippen molar-refractivity contribution >= 4 is 50.8 Å². The smallest absolute Gasteiger partial charge is 0.237 e. The first kappa shape index (κ1) is 20.6. The van der Waals surface area contributed by atoms with Crippen molar-refractivity contribution in [2.75, 3.05) is 32.7 Å². The number of para-hydroxylation sites is 1. The average molecular weight is 447 g/mol. The van der Waals surface area contributed by atoms with Gasteiger partial charge in [0.05, 0.1) is 10.2 Å². The average Bonchev–Trinajstić information content (AvgIpc) is 3.17. The summed E-state index contributed by atoms with van der Waals surface area (Å²) in [5, 5.41) is 7.27. The van der Waals surface area contributed by atoms with E-state index in [2.05, 4.69) is 16.7 Å².